The summed E-state index contributed by atoms with van der Waals surface area (Å²) < 4.78 is 5.99. The molecule has 1 atom stereocenters. The average Bonchev–Trinajstić information content (AvgIpc) is 3.22. The number of anilines is 1. The molecule has 0 aliphatic rings. The molecule has 4 aromatic rings. The van der Waals surface area contributed by atoms with Gasteiger partial charge in [-0.3, -0.25) is 4.79 Å². The molecule has 1 amide bonds. The fraction of sp³-hybridized carbons (Fsp3) is 0.286. The van der Waals surface area contributed by atoms with E-state index in [1.807, 2.05) is 36.4 Å². The minimum absolute atomic E-state index is 0.0293. The highest BCUT2D eigenvalue weighted by Gasteiger charge is 2.16. The molecule has 0 unspecified atom stereocenters. The largest absolute Gasteiger partial charge is 0.436 e. The Morgan fingerprint density at radius 2 is 1.79 bits per heavy atom. The minimum Gasteiger partial charge on any atom is -0.436 e. The number of rotatable bonds is 5. The highest BCUT2D eigenvalue weighted by Crippen LogP contribution is 2.32. The van der Waals surface area contributed by atoms with Gasteiger partial charge in [-0.1, -0.05) is 64.4 Å². The zero-order valence-electron chi connectivity index (χ0n) is 19.7. The van der Waals surface area contributed by atoms with Gasteiger partial charge in [-0.05, 0) is 71.3 Å². The van der Waals surface area contributed by atoms with Crippen LogP contribution in [0.2, 0.25) is 5.02 Å². The van der Waals surface area contributed by atoms with Crippen LogP contribution in [0.1, 0.15) is 68.4 Å². The predicted molar refractivity (Wildman–Crippen MR) is 136 cm³/mol. The number of carbonyl (C=O) groups is 1. The molecule has 1 heterocycles. The predicted octanol–water partition coefficient (Wildman–Crippen LogP) is 8.21. The van der Waals surface area contributed by atoms with Crippen LogP contribution in [-0.2, 0) is 5.41 Å². The normalized spacial score (nSPS) is 12.7. The molecule has 0 radical (unpaired) electrons. The Kier molecular flexibility index (Phi) is 6.31. The first-order valence-electron chi connectivity index (χ1n) is 11.3. The standard InChI is InChI=1S/C28H29ClN2O2/c1-6-17(2)19-10-14-25-24(15-19)31-27(33-25)20-9-13-22(29)23(16-20)30-26(32)18-7-11-21(12-8-18)28(3,4)5/h7-17H,6H2,1-5H3,(H,30,32)/t17-/m0/s1. The monoisotopic (exact) mass is 460 g/mol. The highest BCUT2D eigenvalue weighted by atomic mass is 35.5. The first-order valence-corrected chi connectivity index (χ1v) is 11.7. The Hall–Kier alpha value is -3.11. The van der Waals surface area contributed by atoms with Gasteiger partial charge in [0.25, 0.3) is 5.91 Å². The number of nitrogens with zero attached hydrogens (tertiary/aromatic N) is 1. The number of benzene rings is 3. The molecule has 4 nitrogen and oxygen atoms in total. The fourth-order valence-electron chi connectivity index (χ4n) is 3.68. The molecule has 0 saturated carbocycles. The van der Waals surface area contributed by atoms with Crippen LogP contribution >= 0.6 is 11.6 Å². The molecule has 0 spiro atoms. The van der Waals surface area contributed by atoms with Gasteiger partial charge in [-0.15, -0.1) is 0 Å². The van der Waals surface area contributed by atoms with E-state index < -0.39 is 0 Å². The number of hydrogen-bond donors (Lipinski definition) is 1. The molecular formula is C28H29ClN2O2. The summed E-state index contributed by atoms with van der Waals surface area (Å²) in [6.07, 6.45) is 1.06. The second-order valence-corrected chi connectivity index (χ2v) is 9.94. The van der Waals surface area contributed by atoms with Gasteiger partial charge in [-0.2, -0.15) is 0 Å². The lowest BCUT2D eigenvalue weighted by atomic mass is 9.87. The first-order chi connectivity index (χ1) is 15.7. The Bertz CT molecular complexity index is 1300. The van der Waals surface area contributed by atoms with Gasteiger partial charge in [0.05, 0.1) is 10.7 Å². The lowest BCUT2D eigenvalue weighted by molar-refractivity contribution is 0.102. The molecule has 5 heteroatoms. The summed E-state index contributed by atoms with van der Waals surface area (Å²) in [6.45, 7) is 10.8. The summed E-state index contributed by atoms with van der Waals surface area (Å²) in [6, 6.07) is 19.2. The number of carbonyl (C=O) groups excluding carboxylic acids is 1. The van der Waals surface area contributed by atoms with E-state index in [0.717, 1.165) is 23.1 Å². The Morgan fingerprint density at radius 1 is 1.06 bits per heavy atom. The molecule has 0 aliphatic carbocycles. The zero-order valence-corrected chi connectivity index (χ0v) is 20.5. The molecule has 170 valence electrons. The number of hydrogen-bond acceptors (Lipinski definition) is 3. The maximum Gasteiger partial charge on any atom is 0.255 e. The van der Waals surface area contributed by atoms with E-state index in [-0.39, 0.29) is 11.3 Å². The average molecular weight is 461 g/mol. The van der Waals surface area contributed by atoms with Crippen LogP contribution in [0.25, 0.3) is 22.6 Å². The number of fused-ring (bicyclic) bond motifs is 1. The maximum absolute atomic E-state index is 12.8. The van der Waals surface area contributed by atoms with Crippen molar-refractivity contribution in [1.82, 2.24) is 4.98 Å². The van der Waals surface area contributed by atoms with Crippen molar-refractivity contribution in [1.29, 1.82) is 0 Å². The molecule has 1 aromatic heterocycles. The smallest absolute Gasteiger partial charge is 0.255 e. The van der Waals surface area contributed by atoms with Gasteiger partial charge >= 0.3 is 0 Å². The van der Waals surface area contributed by atoms with E-state index in [1.165, 1.54) is 11.1 Å². The molecule has 0 aliphatic heterocycles. The Labute approximate surface area is 200 Å². The summed E-state index contributed by atoms with van der Waals surface area (Å²) in [5, 5.41) is 3.37. The van der Waals surface area contributed by atoms with Crippen LogP contribution in [0.15, 0.2) is 65.1 Å². The van der Waals surface area contributed by atoms with Crippen LogP contribution < -0.4 is 5.32 Å². The third kappa shape index (κ3) is 4.96. The molecule has 4 rings (SSSR count). The van der Waals surface area contributed by atoms with E-state index in [9.17, 15) is 4.79 Å². The molecule has 0 saturated heterocycles. The zero-order chi connectivity index (χ0) is 23.8. The van der Waals surface area contributed by atoms with Gasteiger partial charge in [-0.25, -0.2) is 4.98 Å². The maximum atomic E-state index is 12.8. The van der Waals surface area contributed by atoms with Crippen molar-refractivity contribution in [2.75, 3.05) is 5.32 Å². The molecule has 3 aromatic carbocycles. The van der Waals surface area contributed by atoms with Crippen molar-refractivity contribution in [3.8, 4) is 11.5 Å². The summed E-state index contributed by atoms with van der Waals surface area (Å²) in [5.41, 5.74) is 5.84. The number of amides is 1. The van der Waals surface area contributed by atoms with Crippen molar-refractivity contribution in [3.05, 3.63) is 82.4 Å². The van der Waals surface area contributed by atoms with Crippen molar-refractivity contribution >= 4 is 34.3 Å². The van der Waals surface area contributed by atoms with Crippen molar-refractivity contribution in [2.45, 2.75) is 52.4 Å². The number of oxazole rings is 1. The van der Waals surface area contributed by atoms with Gasteiger partial charge < -0.3 is 9.73 Å². The van der Waals surface area contributed by atoms with E-state index in [0.29, 0.717) is 28.1 Å². The number of nitrogens with one attached hydrogen (secondary N) is 1. The summed E-state index contributed by atoms with van der Waals surface area (Å²) >= 11 is 6.38. The van der Waals surface area contributed by atoms with Crippen molar-refractivity contribution in [2.24, 2.45) is 0 Å². The van der Waals surface area contributed by atoms with E-state index >= 15 is 0 Å². The Balaban J connectivity index is 1.59. The second-order valence-electron chi connectivity index (χ2n) is 9.53. The molecular weight excluding hydrogens is 432 g/mol. The van der Waals surface area contributed by atoms with Gasteiger partial charge in [0.1, 0.15) is 5.52 Å². The number of aromatic nitrogens is 1. The first kappa shape index (κ1) is 23.1. The van der Waals surface area contributed by atoms with Crippen LogP contribution in [0, 0.1) is 0 Å². The van der Waals surface area contributed by atoms with E-state index in [1.54, 1.807) is 12.1 Å². The minimum atomic E-state index is -0.217. The lowest BCUT2D eigenvalue weighted by Crippen LogP contribution is -2.14. The summed E-state index contributed by atoms with van der Waals surface area (Å²) in [4.78, 5) is 17.5. The quantitative estimate of drug-likeness (QED) is 0.326. The van der Waals surface area contributed by atoms with Gasteiger partial charge in [0, 0.05) is 11.1 Å². The van der Waals surface area contributed by atoms with E-state index in [4.69, 9.17) is 16.0 Å². The summed E-state index contributed by atoms with van der Waals surface area (Å²) in [7, 11) is 0. The second kappa shape index (κ2) is 9.03. The van der Waals surface area contributed by atoms with Crippen LogP contribution in [0.4, 0.5) is 5.69 Å². The van der Waals surface area contributed by atoms with E-state index in [2.05, 4.69) is 57.1 Å². The third-order valence-electron chi connectivity index (χ3n) is 6.07. The van der Waals surface area contributed by atoms with Crippen LogP contribution in [0.3, 0.4) is 0 Å². The SMILES string of the molecule is CC[C@H](C)c1ccc2oc(-c3ccc(Cl)c(NC(=O)c4ccc(C(C)(C)C)cc4)c3)nc2c1. The van der Waals surface area contributed by atoms with Crippen LogP contribution in [0.5, 0.6) is 0 Å². The van der Waals surface area contributed by atoms with Crippen molar-refractivity contribution in [3.63, 3.8) is 0 Å². The fourth-order valence-corrected chi connectivity index (χ4v) is 3.85. The topological polar surface area (TPSA) is 55.1 Å². The van der Waals surface area contributed by atoms with Crippen molar-refractivity contribution < 1.29 is 9.21 Å². The Morgan fingerprint density at radius 3 is 2.45 bits per heavy atom. The third-order valence-corrected chi connectivity index (χ3v) is 6.40. The summed E-state index contributed by atoms with van der Waals surface area (Å²) in [5.74, 6) is 0.739. The molecule has 33 heavy (non-hydrogen) atoms. The van der Waals surface area contributed by atoms with Gasteiger partial charge in [0.15, 0.2) is 5.58 Å². The van der Waals surface area contributed by atoms with Crippen LogP contribution in [-0.4, -0.2) is 10.9 Å². The van der Waals surface area contributed by atoms with Gasteiger partial charge in [0.2, 0.25) is 5.89 Å². The number of halogens is 1. The molecule has 0 bridgehead atoms. The lowest BCUT2D eigenvalue weighted by Gasteiger charge is -2.19. The molecule has 0 fully saturated rings. The molecule has 1 N–H and O–H groups in total. The highest BCUT2D eigenvalue weighted by molar-refractivity contribution is 6.34.